The Labute approximate surface area is 170 Å². The highest BCUT2D eigenvalue weighted by atomic mass is 19.1. The summed E-state index contributed by atoms with van der Waals surface area (Å²) in [7, 11) is 1.63. The molecule has 0 saturated carbocycles. The molecule has 0 unspecified atom stereocenters. The number of carbonyl (C=O) groups excluding carboxylic acids is 2. The van der Waals surface area contributed by atoms with Crippen molar-refractivity contribution in [1.82, 2.24) is 10.6 Å². The third-order valence-electron chi connectivity index (χ3n) is 5.42. The maximum absolute atomic E-state index is 12.9. The summed E-state index contributed by atoms with van der Waals surface area (Å²) < 4.78 is 18.1. The van der Waals surface area contributed by atoms with Crippen LogP contribution in [0.3, 0.4) is 0 Å². The summed E-state index contributed by atoms with van der Waals surface area (Å²) in [6, 6.07) is 14.1. The van der Waals surface area contributed by atoms with Crippen LogP contribution in [0.15, 0.2) is 48.5 Å². The van der Waals surface area contributed by atoms with Gasteiger partial charge in [0.2, 0.25) is 11.8 Å². The van der Waals surface area contributed by atoms with E-state index < -0.39 is 0 Å². The molecule has 6 heteroatoms. The van der Waals surface area contributed by atoms with E-state index in [-0.39, 0.29) is 23.2 Å². The lowest BCUT2D eigenvalue weighted by Crippen LogP contribution is -2.44. The molecule has 1 saturated heterocycles. The summed E-state index contributed by atoms with van der Waals surface area (Å²) >= 11 is 0. The second-order valence-electron chi connectivity index (χ2n) is 7.58. The number of nitrogens with one attached hydrogen (secondary N) is 2. The van der Waals surface area contributed by atoms with Gasteiger partial charge >= 0.3 is 0 Å². The molecule has 2 amide bonds. The fourth-order valence-corrected chi connectivity index (χ4v) is 3.75. The Bertz CT molecular complexity index is 836. The first-order valence-electron chi connectivity index (χ1n) is 9.93. The zero-order valence-electron chi connectivity index (χ0n) is 16.7. The lowest BCUT2D eigenvalue weighted by atomic mass is 9.85. The summed E-state index contributed by atoms with van der Waals surface area (Å²) in [4.78, 5) is 24.2. The van der Waals surface area contributed by atoms with E-state index in [0.717, 1.165) is 23.3 Å². The molecular weight excluding hydrogens is 371 g/mol. The minimum Gasteiger partial charge on any atom is -0.497 e. The van der Waals surface area contributed by atoms with Crippen molar-refractivity contribution in [1.29, 1.82) is 0 Å². The second kappa shape index (κ2) is 9.54. The SMILES string of the molecule is COc1ccc(C[C@]2(CCC(=O)NCCc3ccc(F)cc3)CCC(=O)N2)cc1. The lowest BCUT2D eigenvalue weighted by molar-refractivity contribution is -0.122. The van der Waals surface area contributed by atoms with Crippen molar-refractivity contribution in [2.24, 2.45) is 0 Å². The first-order valence-corrected chi connectivity index (χ1v) is 9.93. The summed E-state index contributed by atoms with van der Waals surface area (Å²) in [5.74, 6) is 0.523. The molecule has 1 aliphatic heterocycles. The van der Waals surface area contributed by atoms with Gasteiger partial charge in [0.15, 0.2) is 0 Å². The summed E-state index contributed by atoms with van der Waals surface area (Å²) in [6.45, 7) is 0.502. The normalized spacial score (nSPS) is 18.3. The van der Waals surface area contributed by atoms with E-state index >= 15 is 0 Å². The van der Waals surface area contributed by atoms with E-state index in [0.29, 0.717) is 38.6 Å². The largest absolute Gasteiger partial charge is 0.497 e. The standard InChI is InChI=1S/C23H27FN2O3/c1-29-20-8-4-18(5-9-20)16-23(14-11-22(28)26-23)13-10-21(27)25-15-12-17-2-6-19(24)7-3-17/h2-9H,10-16H2,1H3,(H,25,27)(H,26,28)/t23-/m0/s1. The fourth-order valence-electron chi connectivity index (χ4n) is 3.75. The van der Waals surface area contributed by atoms with Gasteiger partial charge in [-0.3, -0.25) is 9.59 Å². The van der Waals surface area contributed by atoms with E-state index in [1.54, 1.807) is 19.2 Å². The van der Waals surface area contributed by atoms with E-state index in [1.165, 1.54) is 12.1 Å². The molecule has 154 valence electrons. The minimum atomic E-state index is -0.389. The number of ether oxygens (including phenoxy) is 1. The second-order valence-corrected chi connectivity index (χ2v) is 7.58. The van der Waals surface area contributed by atoms with Gasteiger partial charge in [-0.25, -0.2) is 4.39 Å². The zero-order chi connectivity index (χ0) is 20.7. The Hall–Kier alpha value is -2.89. The molecule has 1 aliphatic rings. The molecule has 1 fully saturated rings. The Morgan fingerprint density at radius 1 is 1.14 bits per heavy atom. The van der Waals surface area contributed by atoms with Crippen LogP contribution in [0.5, 0.6) is 5.75 Å². The van der Waals surface area contributed by atoms with Crippen molar-refractivity contribution in [3.63, 3.8) is 0 Å². The molecule has 5 nitrogen and oxygen atoms in total. The van der Waals surface area contributed by atoms with Crippen LogP contribution < -0.4 is 15.4 Å². The van der Waals surface area contributed by atoms with Crippen LogP contribution in [0.25, 0.3) is 0 Å². The summed E-state index contributed by atoms with van der Waals surface area (Å²) in [6.07, 6.45) is 3.49. The molecule has 2 aromatic rings. The maximum Gasteiger partial charge on any atom is 0.220 e. The molecule has 0 bridgehead atoms. The molecule has 0 radical (unpaired) electrons. The molecule has 29 heavy (non-hydrogen) atoms. The van der Waals surface area contributed by atoms with E-state index in [9.17, 15) is 14.0 Å². The summed E-state index contributed by atoms with van der Waals surface area (Å²) in [5, 5.41) is 6.02. The smallest absolute Gasteiger partial charge is 0.220 e. The van der Waals surface area contributed by atoms with Gasteiger partial charge in [0.05, 0.1) is 7.11 Å². The van der Waals surface area contributed by atoms with Gasteiger partial charge in [0.1, 0.15) is 11.6 Å². The number of benzene rings is 2. The highest BCUT2D eigenvalue weighted by Gasteiger charge is 2.37. The quantitative estimate of drug-likeness (QED) is 0.682. The highest BCUT2D eigenvalue weighted by Crippen LogP contribution is 2.30. The third kappa shape index (κ3) is 6.04. The lowest BCUT2D eigenvalue weighted by Gasteiger charge is -2.29. The van der Waals surface area contributed by atoms with Gasteiger partial charge < -0.3 is 15.4 Å². The number of halogens is 1. The molecule has 2 aromatic carbocycles. The molecular formula is C23H27FN2O3. The molecule has 0 spiro atoms. The van der Waals surface area contributed by atoms with Crippen LogP contribution in [-0.4, -0.2) is 31.0 Å². The number of methoxy groups -OCH3 is 1. The number of carbonyl (C=O) groups is 2. The average molecular weight is 398 g/mol. The predicted molar refractivity (Wildman–Crippen MR) is 109 cm³/mol. The van der Waals surface area contributed by atoms with Gasteiger partial charge in [-0.1, -0.05) is 24.3 Å². The van der Waals surface area contributed by atoms with Crippen LogP contribution in [0.1, 0.15) is 36.8 Å². The van der Waals surface area contributed by atoms with Gasteiger partial charge in [-0.05, 0) is 61.1 Å². The summed E-state index contributed by atoms with van der Waals surface area (Å²) in [5.41, 5.74) is 1.69. The molecule has 0 aliphatic carbocycles. The monoisotopic (exact) mass is 398 g/mol. The average Bonchev–Trinajstić information content (AvgIpc) is 3.09. The maximum atomic E-state index is 12.9. The van der Waals surface area contributed by atoms with Crippen molar-refractivity contribution < 1.29 is 18.7 Å². The van der Waals surface area contributed by atoms with E-state index in [4.69, 9.17) is 4.74 Å². The first kappa shape index (κ1) is 20.8. The Kier molecular flexibility index (Phi) is 6.86. The van der Waals surface area contributed by atoms with Crippen molar-refractivity contribution in [2.45, 2.75) is 44.1 Å². The minimum absolute atomic E-state index is 0.0372. The van der Waals surface area contributed by atoms with E-state index in [1.807, 2.05) is 24.3 Å². The van der Waals surface area contributed by atoms with Crippen LogP contribution in [0, 0.1) is 5.82 Å². The molecule has 1 heterocycles. The van der Waals surface area contributed by atoms with Crippen molar-refractivity contribution in [3.05, 3.63) is 65.5 Å². The number of amides is 2. The van der Waals surface area contributed by atoms with Gasteiger partial charge in [0, 0.05) is 24.9 Å². The molecule has 0 aromatic heterocycles. The Morgan fingerprint density at radius 3 is 2.45 bits per heavy atom. The van der Waals surface area contributed by atoms with Crippen LogP contribution in [0.4, 0.5) is 4.39 Å². The topological polar surface area (TPSA) is 67.4 Å². The van der Waals surface area contributed by atoms with Crippen LogP contribution >= 0.6 is 0 Å². The highest BCUT2D eigenvalue weighted by molar-refractivity contribution is 5.80. The van der Waals surface area contributed by atoms with Crippen molar-refractivity contribution in [3.8, 4) is 5.75 Å². The fraction of sp³-hybridized carbons (Fsp3) is 0.391. The van der Waals surface area contributed by atoms with Crippen LogP contribution in [0.2, 0.25) is 0 Å². The number of hydrogen-bond acceptors (Lipinski definition) is 3. The third-order valence-corrected chi connectivity index (χ3v) is 5.42. The molecule has 1 atom stereocenters. The molecule has 2 N–H and O–H groups in total. The number of rotatable bonds is 9. The zero-order valence-corrected chi connectivity index (χ0v) is 16.7. The Morgan fingerprint density at radius 2 is 1.83 bits per heavy atom. The van der Waals surface area contributed by atoms with Crippen molar-refractivity contribution in [2.75, 3.05) is 13.7 Å². The van der Waals surface area contributed by atoms with Gasteiger partial charge in [-0.2, -0.15) is 0 Å². The van der Waals surface area contributed by atoms with E-state index in [2.05, 4.69) is 10.6 Å². The predicted octanol–water partition coefficient (Wildman–Crippen LogP) is 3.16. The number of hydrogen-bond donors (Lipinski definition) is 2. The van der Waals surface area contributed by atoms with Gasteiger partial charge in [0.25, 0.3) is 0 Å². The first-order chi connectivity index (χ1) is 14.0. The van der Waals surface area contributed by atoms with Crippen LogP contribution in [-0.2, 0) is 22.4 Å². The Balaban J connectivity index is 1.51. The molecule has 3 rings (SSSR count). The van der Waals surface area contributed by atoms with Crippen molar-refractivity contribution >= 4 is 11.8 Å². The van der Waals surface area contributed by atoms with Gasteiger partial charge in [-0.15, -0.1) is 0 Å².